The Bertz CT molecular complexity index is 245. The van der Waals surface area contributed by atoms with Crippen molar-refractivity contribution in [3.63, 3.8) is 0 Å². The first-order valence-corrected chi connectivity index (χ1v) is 5.96. The normalized spacial score (nSPS) is 20.3. The fourth-order valence-electron chi connectivity index (χ4n) is 2.37. The number of rotatable bonds is 4. The molecule has 16 heavy (non-hydrogen) atoms. The van der Waals surface area contributed by atoms with Crippen LogP contribution in [0.5, 0.6) is 0 Å². The lowest BCUT2D eigenvalue weighted by Gasteiger charge is -2.43. The molecule has 0 radical (unpaired) electrons. The molecule has 0 amide bonds. The van der Waals surface area contributed by atoms with Crippen molar-refractivity contribution < 1.29 is 9.90 Å². The predicted molar refractivity (Wildman–Crippen MR) is 64.6 cm³/mol. The average Bonchev–Trinajstić information content (AvgIpc) is 2.16. The van der Waals surface area contributed by atoms with Crippen molar-refractivity contribution >= 4 is 5.97 Å². The van der Waals surface area contributed by atoms with Crippen molar-refractivity contribution in [3.8, 4) is 0 Å². The lowest BCUT2D eigenvalue weighted by Crippen LogP contribution is -2.52. The van der Waals surface area contributed by atoms with E-state index >= 15 is 0 Å². The number of nitrogens with zero attached hydrogens (tertiary/aromatic N) is 2. The number of hydrogen-bond donors (Lipinski definition) is 1. The zero-order chi connectivity index (χ0) is 12.3. The molecule has 0 aromatic rings. The van der Waals surface area contributed by atoms with Crippen LogP contribution in [0.3, 0.4) is 0 Å². The minimum Gasteiger partial charge on any atom is -0.481 e. The van der Waals surface area contributed by atoms with Crippen molar-refractivity contribution in [2.45, 2.75) is 44.7 Å². The zero-order valence-corrected chi connectivity index (χ0v) is 10.9. The molecule has 0 aromatic heterocycles. The molecule has 0 bridgehead atoms. The van der Waals surface area contributed by atoms with Crippen LogP contribution >= 0.6 is 0 Å². The molecule has 1 saturated heterocycles. The van der Waals surface area contributed by atoms with Gasteiger partial charge in [0.15, 0.2) is 0 Å². The van der Waals surface area contributed by atoms with Crippen LogP contribution < -0.4 is 0 Å². The summed E-state index contributed by atoms with van der Waals surface area (Å²) in [5.41, 5.74) is -0.258. The Labute approximate surface area is 98.2 Å². The monoisotopic (exact) mass is 228 g/mol. The highest BCUT2D eigenvalue weighted by Crippen LogP contribution is 2.24. The number of likely N-dealkylation sites (tertiary alicyclic amines) is 1. The van der Waals surface area contributed by atoms with Gasteiger partial charge < -0.3 is 10.0 Å². The summed E-state index contributed by atoms with van der Waals surface area (Å²) in [4.78, 5) is 15.4. The van der Waals surface area contributed by atoms with Crippen LogP contribution in [0.15, 0.2) is 0 Å². The summed E-state index contributed by atoms with van der Waals surface area (Å²) in [5, 5.41) is 8.90. The topological polar surface area (TPSA) is 43.8 Å². The number of piperidine rings is 1. The minimum absolute atomic E-state index is 0.204. The Kier molecular flexibility index (Phi) is 4.33. The molecule has 94 valence electrons. The van der Waals surface area contributed by atoms with E-state index in [2.05, 4.69) is 23.9 Å². The van der Waals surface area contributed by atoms with Crippen LogP contribution in [-0.4, -0.2) is 59.6 Å². The molecule has 4 heteroatoms. The van der Waals surface area contributed by atoms with Gasteiger partial charge in [-0.15, -0.1) is 0 Å². The third-order valence-corrected chi connectivity index (χ3v) is 3.77. The summed E-state index contributed by atoms with van der Waals surface area (Å²) in [7, 11) is 4.19. The molecule has 0 unspecified atom stereocenters. The van der Waals surface area contributed by atoms with E-state index in [-0.39, 0.29) is 12.0 Å². The van der Waals surface area contributed by atoms with Gasteiger partial charge in [-0.25, -0.2) is 0 Å². The number of hydrogen-bond acceptors (Lipinski definition) is 3. The van der Waals surface area contributed by atoms with E-state index in [4.69, 9.17) is 5.11 Å². The van der Waals surface area contributed by atoms with Gasteiger partial charge in [0.25, 0.3) is 0 Å². The van der Waals surface area contributed by atoms with E-state index in [1.807, 2.05) is 13.8 Å². The van der Waals surface area contributed by atoms with Crippen LogP contribution in [0, 0.1) is 0 Å². The maximum Gasteiger partial charge on any atom is 0.305 e. The van der Waals surface area contributed by atoms with Crippen molar-refractivity contribution in [1.82, 2.24) is 9.80 Å². The molecule has 0 spiro atoms. The van der Waals surface area contributed by atoms with Gasteiger partial charge in [-0.05, 0) is 53.9 Å². The fourth-order valence-corrected chi connectivity index (χ4v) is 2.37. The third-order valence-electron chi connectivity index (χ3n) is 3.77. The number of aliphatic carboxylic acids is 1. The van der Waals surface area contributed by atoms with Crippen molar-refractivity contribution in [2.24, 2.45) is 0 Å². The summed E-state index contributed by atoms with van der Waals surface area (Å²) in [5.74, 6) is -0.718. The quantitative estimate of drug-likeness (QED) is 0.787. The maximum absolute atomic E-state index is 10.8. The Morgan fingerprint density at radius 3 is 2.38 bits per heavy atom. The summed E-state index contributed by atoms with van der Waals surface area (Å²) in [6.07, 6.45) is 2.47. The highest BCUT2D eigenvalue weighted by molar-refractivity contribution is 5.68. The van der Waals surface area contributed by atoms with Crippen LogP contribution in [0.4, 0.5) is 0 Å². The van der Waals surface area contributed by atoms with Gasteiger partial charge in [-0.3, -0.25) is 9.69 Å². The third kappa shape index (κ3) is 3.46. The highest BCUT2D eigenvalue weighted by atomic mass is 16.4. The summed E-state index contributed by atoms with van der Waals surface area (Å²) in [6, 6.07) is 0.519. The van der Waals surface area contributed by atoms with E-state index in [0.717, 1.165) is 25.9 Å². The van der Waals surface area contributed by atoms with E-state index in [9.17, 15) is 4.79 Å². The van der Waals surface area contributed by atoms with Gasteiger partial charge in [0.05, 0.1) is 6.42 Å². The largest absolute Gasteiger partial charge is 0.481 e. The molecule has 1 aliphatic heterocycles. The fraction of sp³-hybridized carbons (Fsp3) is 0.917. The van der Waals surface area contributed by atoms with Gasteiger partial charge >= 0.3 is 5.97 Å². The Hall–Kier alpha value is -0.610. The molecular weight excluding hydrogens is 204 g/mol. The van der Waals surface area contributed by atoms with Crippen molar-refractivity contribution in [3.05, 3.63) is 0 Å². The van der Waals surface area contributed by atoms with E-state index < -0.39 is 5.97 Å². The molecule has 0 saturated carbocycles. The van der Waals surface area contributed by atoms with Crippen molar-refractivity contribution in [2.75, 3.05) is 27.2 Å². The van der Waals surface area contributed by atoms with Crippen LogP contribution in [0.25, 0.3) is 0 Å². The molecule has 1 fully saturated rings. The second-order valence-electron chi connectivity index (χ2n) is 5.53. The predicted octanol–water partition coefficient (Wildman–Crippen LogP) is 1.27. The standard InChI is InChI=1S/C12H24N2O2/c1-12(2,9-11(15)16)14(4)10-5-7-13(3)8-6-10/h10H,5-9H2,1-4H3,(H,15,16). The van der Waals surface area contributed by atoms with Crippen LogP contribution in [-0.2, 0) is 4.79 Å². The highest BCUT2D eigenvalue weighted by Gasteiger charge is 2.32. The second kappa shape index (κ2) is 5.15. The molecular formula is C12H24N2O2. The first-order chi connectivity index (χ1) is 7.33. The maximum atomic E-state index is 10.8. The van der Waals surface area contributed by atoms with Crippen LogP contribution in [0.2, 0.25) is 0 Å². The summed E-state index contributed by atoms with van der Waals surface area (Å²) >= 11 is 0. The van der Waals surface area contributed by atoms with Crippen LogP contribution in [0.1, 0.15) is 33.1 Å². The minimum atomic E-state index is -0.718. The van der Waals surface area contributed by atoms with Crippen molar-refractivity contribution in [1.29, 1.82) is 0 Å². The Balaban J connectivity index is 2.55. The average molecular weight is 228 g/mol. The smallest absolute Gasteiger partial charge is 0.305 e. The lowest BCUT2D eigenvalue weighted by atomic mass is 9.93. The zero-order valence-electron chi connectivity index (χ0n) is 10.9. The van der Waals surface area contributed by atoms with Gasteiger partial charge in [-0.2, -0.15) is 0 Å². The number of carboxylic acids is 1. The van der Waals surface area contributed by atoms with Gasteiger partial charge in [0, 0.05) is 11.6 Å². The molecule has 0 aliphatic carbocycles. The molecule has 0 atom stereocenters. The van der Waals surface area contributed by atoms with E-state index in [1.54, 1.807) is 0 Å². The number of carboxylic acid groups (broad SMARTS) is 1. The molecule has 1 N–H and O–H groups in total. The lowest BCUT2D eigenvalue weighted by molar-refractivity contribution is -0.140. The van der Waals surface area contributed by atoms with Gasteiger partial charge in [0.2, 0.25) is 0 Å². The number of carbonyl (C=O) groups is 1. The first kappa shape index (κ1) is 13.5. The first-order valence-electron chi connectivity index (χ1n) is 5.96. The second-order valence-corrected chi connectivity index (χ2v) is 5.53. The SMILES string of the molecule is CN1CCC(N(C)C(C)(C)CC(=O)O)CC1. The molecule has 1 heterocycles. The van der Waals surface area contributed by atoms with E-state index in [0.29, 0.717) is 6.04 Å². The Morgan fingerprint density at radius 2 is 1.94 bits per heavy atom. The summed E-state index contributed by atoms with van der Waals surface area (Å²) < 4.78 is 0. The summed E-state index contributed by atoms with van der Waals surface area (Å²) in [6.45, 7) is 6.25. The molecule has 1 rings (SSSR count). The van der Waals surface area contributed by atoms with Gasteiger partial charge in [-0.1, -0.05) is 0 Å². The Morgan fingerprint density at radius 1 is 1.44 bits per heavy atom. The van der Waals surface area contributed by atoms with E-state index in [1.165, 1.54) is 0 Å². The molecule has 0 aromatic carbocycles. The van der Waals surface area contributed by atoms with Gasteiger partial charge in [0.1, 0.15) is 0 Å². The molecule has 1 aliphatic rings. The molecule has 4 nitrogen and oxygen atoms in total.